The van der Waals surface area contributed by atoms with Crippen LogP contribution >= 0.6 is 0 Å². The third-order valence-corrected chi connectivity index (χ3v) is 4.87. The highest BCUT2D eigenvalue weighted by Crippen LogP contribution is 1.87. The van der Waals surface area contributed by atoms with Crippen LogP contribution in [0.3, 0.4) is 0 Å². The Labute approximate surface area is 88.8 Å². The van der Waals surface area contributed by atoms with E-state index in [4.69, 9.17) is 0 Å². The van der Waals surface area contributed by atoms with Crippen LogP contribution in [0, 0.1) is 0 Å². The van der Waals surface area contributed by atoms with Crippen molar-refractivity contribution in [3.05, 3.63) is 0 Å². The fraction of sp³-hybridized carbons (Fsp3) is 1.00. The van der Waals surface area contributed by atoms with Gasteiger partial charge in [-0.3, -0.25) is 4.21 Å². The molecule has 0 heterocycles. The van der Waals surface area contributed by atoms with Crippen LogP contribution in [0.2, 0.25) is 0 Å². The maximum atomic E-state index is 11.1. The van der Waals surface area contributed by atoms with E-state index in [1.165, 1.54) is 0 Å². The maximum absolute atomic E-state index is 11.1. The van der Waals surface area contributed by atoms with E-state index in [2.05, 4.69) is 5.32 Å². The van der Waals surface area contributed by atoms with Crippen molar-refractivity contribution >= 4 is 20.6 Å². The van der Waals surface area contributed by atoms with Crippen molar-refractivity contribution in [2.45, 2.75) is 13.8 Å². The Kier molecular flexibility index (Phi) is 7.40. The standard InChI is InChI=1S/C8H19NO3S2/c1-3-13(10)7-5-9-6-8-14(11,12)4-2/h9H,3-8H2,1-2H3. The van der Waals surface area contributed by atoms with Gasteiger partial charge in [-0.25, -0.2) is 8.42 Å². The van der Waals surface area contributed by atoms with E-state index in [1.807, 2.05) is 6.92 Å². The number of sulfone groups is 1. The van der Waals surface area contributed by atoms with Crippen molar-refractivity contribution in [2.24, 2.45) is 0 Å². The molecule has 0 saturated carbocycles. The van der Waals surface area contributed by atoms with Crippen molar-refractivity contribution in [3.63, 3.8) is 0 Å². The fourth-order valence-corrected chi connectivity index (χ4v) is 2.23. The minimum Gasteiger partial charge on any atom is -0.315 e. The van der Waals surface area contributed by atoms with E-state index >= 15 is 0 Å². The van der Waals surface area contributed by atoms with Gasteiger partial charge in [-0.2, -0.15) is 0 Å². The Morgan fingerprint density at radius 1 is 1.21 bits per heavy atom. The van der Waals surface area contributed by atoms with Crippen molar-refractivity contribution in [2.75, 3.05) is 36.1 Å². The van der Waals surface area contributed by atoms with E-state index in [0.29, 0.717) is 24.6 Å². The fourth-order valence-electron chi connectivity index (χ4n) is 0.827. The second kappa shape index (κ2) is 7.36. The summed E-state index contributed by atoms with van der Waals surface area (Å²) in [5, 5.41) is 2.97. The van der Waals surface area contributed by atoms with Crippen LogP contribution in [0.5, 0.6) is 0 Å². The van der Waals surface area contributed by atoms with Gasteiger partial charge in [0.1, 0.15) is 0 Å². The average Bonchev–Trinajstić information content (AvgIpc) is 2.17. The molecule has 14 heavy (non-hydrogen) atoms. The second-order valence-electron chi connectivity index (χ2n) is 2.92. The first-order chi connectivity index (χ1) is 6.52. The molecule has 0 aromatic carbocycles. The highest BCUT2D eigenvalue weighted by molar-refractivity contribution is 7.91. The SMILES string of the molecule is CCS(=O)CCNCCS(=O)(=O)CC. The molecule has 0 saturated heterocycles. The first-order valence-electron chi connectivity index (χ1n) is 4.78. The Balaban J connectivity index is 3.44. The zero-order valence-electron chi connectivity index (χ0n) is 8.78. The van der Waals surface area contributed by atoms with Gasteiger partial charge in [-0.1, -0.05) is 13.8 Å². The highest BCUT2D eigenvalue weighted by atomic mass is 32.2. The lowest BCUT2D eigenvalue weighted by atomic mass is 10.7. The second-order valence-corrected chi connectivity index (χ2v) is 7.26. The summed E-state index contributed by atoms with van der Waals surface area (Å²) in [6.07, 6.45) is 0. The van der Waals surface area contributed by atoms with Crippen LogP contribution in [-0.4, -0.2) is 48.7 Å². The zero-order chi connectivity index (χ0) is 11.0. The van der Waals surface area contributed by atoms with Crippen molar-refractivity contribution in [3.8, 4) is 0 Å². The normalized spacial score (nSPS) is 14.1. The molecule has 0 amide bonds. The van der Waals surface area contributed by atoms with Crippen LogP contribution in [0.25, 0.3) is 0 Å². The molecule has 0 fully saturated rings. The van der Waals surface area contributed by atoms with E-state index < -0.39 is 20.6 Å². The summed E-state index contributed by atoms with van der Waals surface area (Å²) in [5.74, 6) is 1.62. The number of rotatable bonds is 8. The lowest BCUT2D eigenvalue weighted by molar-refractivity contribution is 0.593. The minimum absolute atomic E-state index is 0.169. The molecule has 0 aromatic rings. The van der Waals surface area contributed by atoms with Gasteiger partial charge in [0.2, 0.25) is 0 Å². The smallest absolute Gasteiger partial charge is 0.151 e. The molecule has 0 aromatic heterocycles. The Morgan fingerprint density at radius 2 is 1.86 bits per heavy atom. The third-order valence-electron chi connectivity index (χ3n) is 1.86. The molecule has 86 valence electrons. The molecule has 0 aliphatic heterocycles. The van der Waals surface area contributed by atoms with E-state index in [-0.39, 0.29) is 11.5 Å². The molecule has 1 atom stereocenters. The summed E-state index contributed by atoms with van der Waals surface area (Å²) in [4.78, 5) is 0. The van der Waals surface area contributed by atoms with Gasteiger partial charge in [0, 0.05) is 41.1 Å². The molecule has 0 aliphatic carbocycles. The summed E-state index contributed by atoms with van der Waals surface area (Å²) in [6.45, 7) is 4.59. The topological polar surface area (TPSA) is 63.2 Å². The third kappa shape index (κ3) is 7.46. The van der Waals surface area contributed by atoms with Gasteiger partial charge < -0.3 is 5.32 Å². The predicted octanol–water partition coefficient (Wildman–Crippen LogP) is -0.221. The molecular weight excluding hydrogens is 222 g/mol. The van der Waals surface area contributed by atoms with Crippen LogP contribution in [0.15, 0.2) is 0 Å². The first-order valence-corrected chi connectivity index (χ1v) is 8.09. The van der Waals surface area contributed by atoms with Crippen LogP contribution in [0.1, 0.15) is 13.8 Å². The minimum atomic E-state index is -2.86. The molecule has 0 spiro atoms. The van der Waals surface area contributed by atoms with Gasteiger partial charge >= 0.3 is 0 Å². The van der Waals surface area contributed by atoms with Crippen LogP contribution in [0.4, 0.5) is 0 Å². The molecule has 1 unspecified atom stereocenters. The van der Waals surface area contributed by atoms with Gasteiger partial charge in [0.05, 0.1) is 5.75 Å². The van der Waals surface area contributed by atoms with Crippen LogP contribution in [-0.2, 0) is 20.6 Å². The van der Waals surface area contributed by atoms with Crippen molar-refractivity contribution < 1.29 is 12.6 Å². The Bertz CT molecular complexity index is 262. The maximum Gasteiger partial charge on any atom is 0.151 e. The van der Waals surface area contributed by atoms with E-state index in [0.717, 1.165) is 0 Å². The van der Waals surface area contributed by atoms with Gasteiger partial charge in [-0.15, -0.1) is 0 Å². The van der Waals surface area contributed by atoms with Crippen molar-refractivity contribution in [1.82, 2.24) is 5.32 Å². The predicted molar refractivity (Wildman–Crippen MR) is 60.7 cm³/mol. The molecule has 0 aliphatic rings. The molecule has 0 bridgehead atoms. The highest BCUT2D eigenvalue weighted by Gasteiger charge is 2.05. The summed E-state index contributed by atoms with van der Waals surface area (Å²) < 4.78 is 33.1. The lowest BCUT2D eigenvalue weighted by Crippen LogP contribution is -2.27. The van der Waals surface area contributed by atoms with Gasteiger partial charge in [0.15, 0.2) is 9.84 Å². The van der Waals surface area contributed by atoms with E-state index in [1.54, 1.807) is 6.92 Å². The number of hydrogen-bond acceptors (Lipinski definition) is 4. The lowest BCUT2D eigenvalue weighted by Gasteiger charge is -2.03. The van der Waals surface area contributed by atoms with E-state index in [9.17, 15) is 12.6 Å². The largest absolute Gasteiger partial charge is 0.315 e. The van der Waals surface area contributed by atoms with Crippen LogP contribution < -0.4 is 5.32 Å². The molecular formula is C8H19NO3S2. The average molecular weight is 241 g/mol. The molecule has 0 radical (unpaired) electrons. The van der Waals surface area contributed by atoms with Gasteiger partial charge in [-0.05, 0) is 0 Å². The first kappa shape index (κ1) is 14.1. The monoisotopic (exact) mass is 241 g/mol. The summed E-state index contributed by atoms with van der Waals surface area (Å²) >= 11 is 0. The Hall–Kier alpha value is 0.0600. The molecule has 4 nitrogen and oxygen atoms in total. The summed E-state index contributed by atoms with van der Waals surface area (Å²) in [7, 11) is -3.63. The van der Waals surface area contributed by atoms with Crippen molar-refractivity contribution in [1.29, 1.82) is 0 Å². The summed E-state index contributed by atoms with van der Waals surface area (Å²) in [5.41, 5.74) is 0. The van der Waals surface area contributed by atoms with Gasteiger partial charge in [0.25, 0.3) is 0 Å². The molecule has 6 heteroatoms. The Morgan fingerprint density at radius 3 is 2.36 bits per heavy atom. The number of hydrogen-bond donors (Lipinski definition) is 1. The zero-order valence-corrected chi connectivity index (χ0v) is 10.4. The molecule has 1 N–H and O–H groups in total. The number of nitrogens with one attached hydrogen (secondary N) is 1. The summed E-state index contributed by atoms with van der Waals surface area (Å²) in [6, 6.07) is 0. The quantitative estimate of drug-likeness (QED) is 0.597. The molecule has 0 rings (SSSR count).